The highest BCUT2D eigenvalue weighted by atomic mass is 32.2. The molecule has 0 bridgehead atoms. The number of benzene rings is 1. The fourth-order valence-corrected chi connectivity index (χ4v) is 2.71. The van der Waals surface area contributed by atoms with Crippen LogP contribution in [0.3, 0.4) is 0 Å². The first kappa shape index (κ1) is 14.4. The van der Waals surface area contributed by atoms with Crippen LogP contribution in [0.15, 0.2) is 18.2 Å². The minimum Gasteiger partial charge on any atom is -0.496 e. The van der Waals surface area contributed by atoms with Gasteiger partial charge in [0.25, 0.3) is 0 Å². The Morgan fingerprint density at radius 2 is 2.12 bits per heavy atom. The number of nitrogens with two attached hydrogens (primary N) is 1. The van der Waals surface area contributed by atoms with E-state index in [2.05, 4.69) is 13.0 Å². The first-order valence-electron chi connectivity index (χ1n) is 6.25. The minimum absolute atomic E-state index is 0.595. The van der Waals surface area contributed by atoms with Gasteiger partial charge >= 0.3 is 0 Å². The Bertz CT molecular complexity index is 328. The average molecular weight is 253 g/mol. The SMILES string of the molecule is CCCCCSCc1cc(CN)ccc1OC. The Labute approximate surface area is 109 Å². The van der Waals surface area contributed by atoms with Gasteiger partial charge in [-0.25, -0.2) is 0 Å². The van der Waals surface area contributed by atoms with Crippen molar-refractivity contribution in [3.8, 4) is 5.75 Å². The zero-order valence-electron chi connectivity index (χ0n) is 10.9. The first-order chi connectivity index (χ1) is 8.31. The zero-order chi connectivity index (χ0) is 12.5. The number of ether oxygens (including phenoxy) is 1. The Hall–Kier alpha value is -0.670. The molecule has 3 heteroatoms. The summed E-state index contributed by atoms with van der Waals surface area (Å²) in [6.45, 7) is 2.83. The molecule has 0 fully saturated rings. The predicted octanol–water partition coefficient (Wildman–Crippen LogP) is 3.58. The van der Waals surface area contributed by atoms with Gasteiger partial charge in [-0.2, -0.15) is 11.8 Å². The summed E-state index contributed by atoms with van der Waals surface area (Å²) in [5, 5.41) is 0. The lowest BCUT2D eigenvalue weighted by molar-refractivity contribution is 0.411. The van der Waals surface area contributed by atoms with E-state index in [1.807, 2.05) is 23.9 Å². The lowest BCUT2D eigenvalue weighted by Gasteiger charge is -2.10. The third kappa shape index (κ3) is 5.00. The number of unbranched alkanes of at least 4 members (excludes halogenated alkanes) is 2. The molecule has 0 aliphatic carbocycles. The second-order valence-corrected chi connectivity index (χ2v) is 5.22. The van der Waals surface area contributed by atoms with Crippen LogP contribution >= 0.6 is 11.8 Å². The Kier molecular flexibility index (Phi) is 7.13. The fourth-order valence-electron chi connectivity index (χ4n) is 1.71. The quantitative estimate of drug-likeness (QED) is 0.719. The molecule has 0 aromatic heterocycles. The molecule has 0 spiro atoms. The van der Waals surface area contributed by atoms with Crippen molar-refractivity contribution in [3.05, 3.63) is 29.3 Å². The fraction of sp³-hybridized carbons (Fsp3) is 0.571. The number of thioether (sulfide) groups is 1. The normalized spacial score (nSPS) is 10.5. The van der Waals surface area contributed by atoms with E-state index in [0.717, 1.165) is 11.5 Å². The maximum atomic E-state index is 5.66. The van der Waals surface area contributed by atoms with Crippen molar-refractivity contribution in [1.82, 2.24) is 0 Å². The van der Waals surface area contributed by atoms with Crippen LogP contribution in [0.2, 0.25) is 0 Å². The van der Waals surface area contributed by atoms with E-state index in [-0.39, 0.29) is 0 Å². The van der Waals surface area contributed by atoms with Crippen LogP contribution in [0.25, 0.3) is 0 Å². The second-order valence-electron chi connectivity index (χ2n) is 4.11. The highest BCUT2D eigenvalue weighted by Crippen LogP contribution is 2.25. The van der Waals surface area contributed by atoms with Gasteiger partial charge in [-0.3, -0.25) is 0 Å². The molecule has 1 rings (SSSR count). The van der Waals surface area contributed by atoms with E-state index in [4.69, 9.17) is 10.5 Å². The van der Waals surface area contributed by atoms with E-state index in [1.165, 1.54) is 36.1 Å². The molecular formula is C14H23NOS. The van der Waals surface area contributed by atoms with E-state index in [9.17, 15) is 0 Å². The largest absolute Gasteiger partial charge is 0.496 e. The molecule has 96 valence electrons. The highest BCUT2D eigenvalue weighted by molar-refractivity contribution is 7.98. The van der Waals surface area contributed by atoms with Crippen molar-refractivity contribution in [1.29, 1.82) is 0 Å². The summed E-state index contributed by atoms with van der Waals surface area (Å²) in [5.74, 6) is 3.22. The standard InChI is InChI=1S/C14H23NOS/c1-3-4-5-8-17-11-13-9-12(10-15)6-7-14(13)16-2/h6-7,9H,3-5,8,10-11,15H2,1-2H3. The van der Waals surface area contributed by atoms with Crippen LogP contribution in [0.1, 0.15) is 37.3 Å². The molecule has 0 amide bonds. The van der Waals surface area contributed by atoms with Crippen LogP contribution in [-0.2, 0) is 12.3 Å². The van der Waals surface area contributed by atoms with Gasteiger partial charge in [0.05, 0.1) is 7.11 Å². The molecule has 2 nitrogen and oxygen atoms in total. The highest BCUT2D eigenvalue weighted by Gasteiger charge is 2.04. The van der Waals surface area contributed by atoms with Crippen molar-refractivity contribution in [2.24, 2.45) is 5.73 Å². The summed E-state index contributed by atoms with van der Waals surface area (Å²) in [4.78, 5) is 0. The summed E-state index contributed by atoms with van der Waals surface area (Å²) >= 11 is 1.97. The second kappa shape index (κ2) is 8.43. The summed E-state index contributed by atoms with van der Waals surface area (Å²) in [7, 11) is 1.72. The molecular weight excluding hydrogens is 230 g/mol. The summed E-state index contributed by atoms with van der Waals surface area (Å²) in [5.41, 5.74) is 8.09. The van der Waals surface area contributed by atoms with Crippen molar-refractivity contribution < 1.29 is 4.74 Å². The lowest BCUT2D eigenvalue weighted by Crippen LogP contribution is -1.99. The molecule has 1 aromatic carbocycles. The van der Waals surface area contributed by atoms with E-state index >= 15 is 0 Å². The molecule has 0 radical (unpaired) electrons. The van der Waals surface area contributed by atoms with Crippen LogP contribution in [0.5, 0.6) is 5.75 Å². The zero-order valence-corrected chi connectivity index (χ0v) is 11.7. The van der Waals surface area contributed by atoms with Crippen LogP contribution in [0, 0.1) is 0 Å². The third-order valence-electron chi connectivity index (χ3n) is 2.73. The molecule has 2 N–H and O–H groups in total. The molecule has 17 heavy (non-hydrogen) atoms. The van der Waals surface area contributed by atoms with Crippen molar-refractivity contribution in [2.75, 3.05) is 12.9 Å². The topological polar surface area (TPSA) is 35.2 Å². The van der Waals surface area contributed by atoms with Crippen molar-refractivity contribution >= 4 is 11.8 Å². The number of rotatable bonds is 8. The summed E-state index contributed by atoms with van der Waals surface area (Å²) < 4.78 is 5.37. The maximum absolute atomic E-state index is 5.66. The van der Waals surface area contributed by atoms with Gasteiger partial charge in [0.2, 0.25) is 0 Å². The first-order valence-corrected chi connectivity index (χ1v) is 7.40. The van der Waals surface area contributed by atoms with E-state index in [1.54, 1.807) is 7.11 Å². The summed E-state index contributed by atoms with van der Waals surface area (Å²) in [6, 6.07) is 6.21. The monoisotopic (exact) mass is 253 g/mol. The van der Waals surface area contributed by atoms with Gasteiger partial charge in [-0.05, 0) is 29.9 Å². The minimum atomic E-state index is 0.595. The number of hydrogen-bond acceptors (Lipinski definition) is 3. The van der Waals surface area contributed by atoms with Crippen LogP contribution in [0.4, 0.5) is 0 Å². The molecule has 0 aliphatic heterocycles. The molecule has 0 atom stereocenters. The predicted molar refractivity (Wildman–Crippen MR) is 76.6 cm³/mol. The number of methoxy groups -OCH3 is 1. The van der Waals surface area contributed by atoms with Crippen molar-refractivity contribution in [3.63, 3.8) is 0 Å². The van der Waals surface area contributed by atoms with E-state index in [0.29, 0.717) is 6.54 Å². The molecule has 0 saturated heterocycles. The van der Waals surface area contributed by atoms with Crippen LogP contribution < -0.4 is 10.5 Å². The third-order valence-corrected chi connectivity index (χ3v) is 3.82. The van der Waals surface area contributed by atoms with Crippen molar-refractivity contribution in [2.45, 2.75) is 38.5 Å². The molecule has 0 heterocycles. The Morgan fingerprint density at radius 1 is 1.29 bits per heavy atom. The molecule has 0 aliphatic rings. The average Bonchev–Trinajstić information content (AvgIpc) is 2.38. The Morgan fingerprint density at radius 3 is 2.76 bits per heavy atom. The van der Waals surface area contributed by atoms with Gasteiger partial charge in [-0.1, -0.05) is 25.8 Å². The van der Waals surface area contributed by atoms with Gasteiger partial charge in [0.1, 0.15) is 5.75 Å². The lowest BCUT2D eigenvalue weighted by atomic mass is 10.1. The van der Waals surface area contributed by atoms with Gasteiger partial charge in [0, 0.05) is 17.9 Å². The molecule has 0 saturated carbocycles. The Balaban J connectivity index is 2.49. The van der Waals surface area contributed by atoms with E-state index < -0.39 is 0 Å². The molecule has 1 aromatic rings. The van der Waals surface area contributed by atoms with Gasteiger partial charge < -0.3 is 10.5 Å². The van der Waals surface area contributed by atoms with Crippen LogP contribution in [-0.4, -0.2) is 12.9 Å². The molecule has 0 unspecified atom stereocenters. The summed E-state index contributed by atoms with van der Waals surface area (Å²) in [6.07, 6.45) is 3.92. The van der Waals surface area contributed by atoms with Gasteiger partial charge in [-0.15, -0.1) is 0 Å². The van der Waals surface area contributed by atoms with Gasteiger partial charge in [0.15, 0.2) is 0 Å². The maximum Gasteiger partial charge on any atom is 0.122 e. The number of hydrogen-bond donors (Lipinski definition) is 1. The smallest absolute Gasteiger partial charge is 0.122 e.